The van der Waals surface area contributed by atoms with Crippen molar-refractivity contribution < 1.29 is 27.9 Å². The number of carbonyl (C=O) groups is 2. The largest absolute Gasteiger partial charge is 0.463 e. The lowest BCUT2D eigenvalue weighted by molar-refractivity contribution is -0.746. The molecule has 1 unspecified atom stereocenters. The van der Waals surface area contributed by atoms with Gasteiger partial charge in [0, 0.05) is 18.3 Å². The van der Waals surface area contributed by atoms with Crippen LogP contribution in [0.2, 0.25) is 0 Å². The summed E-state index contributed by atoms with van der Waals surface area (Å²) < 4.78 is 22.9. The average Bonchev–Trinajstić information content (AvgIpc) is 2.44. The van der Waals surface area contributed by atoms with E-state index in [9.17, 15) is 14.2 Å². The normalized spacial score (nSPS) is 14.6. The highest BCUT2D eigenvalue weighted by atomic mass is 31.2. The summed E-state index contributed by atoms with van der Waals surface area (Å²) in [4.78, 5) is 22.8. The molecule has 0 fully saturated rings. The van der Waals surface area contributed by atoms with E-state index in [4.69, 9.17) is 9.47 Å². The molecule has 0 aromatic heterocycles. The molecule has 0 aromatic carbocycles. The smallest absolute Gasteiger partial charge is 0.331 e. The summed E-state index contributed by atoms with van der Waals surface area (Å²) >= 11 is 0. The molecule has 0 saturated heterocycles. The highest BCUT2D eigenvalue weighted by molar-refractivity contribution is 7.58. The zero-order chi connectivity index (χ0) is 17.2. The number of nitrogens with zero attached hydrogens (tertiary/aromatic N) is 1. The van der Waals surface area contributed by atoms with Crippen LogP contribution in [0.25, 0.3) is 0 Å². The number of hydrogen-bond donors (Lipinski definition) is 0. The Morgan fingerprint density at radius 2 is 1.50 bits per heavy atom. The Hall–Kier alpha value is -1.13. The molecule has 0 rings (SSSR count). The molecule has 128 valence electrons. The third kappa shape index (κ3) is 7.76. The Kier molecular flexibility index (Phi) is 9.30. The van der Waals surface area contributed by atoms with Crippen LogP contribution >= 0.6 is 7.29 Å². The maximum atomic E-state index is 12.7. The van der Waals surface area contributed by atoms with Crippen LogP contribution in [0.3, 0.4) is 0 Å². The lowest BCUT2D eigenvalue weighted by Crippen LogP contribution is -2.33. The Morgan fingerprint density at radius 1 is 1.00 bits per heavy atom. The monoisotopic (exact) mass is 334 g/mol. The van der Waals surface area contributed by atoms with Gasteiger partial charge in [-0.2, -0.15) is 0 Å². The number of hydrogen-bond acceptors (Lipinski definition) is 5. The van der Waals surface area contributed by atoms with Gasteiger partial charge in [-0.1, -0.05) is 20.3 Å². The molecule has 0 saturated carbocycles. The lowest BCUT2D eigenvalue weighted by Gasteiger charge is -2.33. The maximum absolute atomic E-state index is 12.7. The van der Waals surface area contributed by atoms with E-state index in [-0.39, 0.29) is 6.61 Å². The van der Waals surface area contributed by atoms with Gasteiger partial charge in [0.25, 0.3) is 7.29 Å². The van der Waals surface area contributed by atoms with Crippen molar-refractivity contribution in [3.8, 4) is 0 Å². The Labute approximate surface area is 133 Å². The molecule has 0 aliphatic rings. The minimum absolute atomic E-state index is 0.0781. The second kappa shape index (κ2) is 9.80. The molecule has 0 radical (unpaired) electrons. The predicted molar refractivity (Wildman–Crippen MR) is 87.0 cm³/mol. The number of unbranched alkanes of at least 4 members (excludes halogenated alkanes) is 1. The van der Waals surface area contributed by atoms with Crippen molar-refractivity contribution >= 4 is 19.2 Å². The van der Waals surface area contributed by atoms with E-state index in [0.29, 0.717) is 23.2 Å². The van der Waals surface area contributed by atoms with Gasteiger partial charge in [0.2, 0.25) is 0 Å². The molecule has 0 aliphatic heterocycles. The molecule has 22 heavy (non-hydrogen) atoms. The van der Waals surface area contributed by atoms with Gasteiger partial charge in [0.05, 0.1) is 33.9 Å². The van der Waals surface area contributed by atoms with Crippen molar-refractivity contribution in [1.82, 2.24) is 0 Å². The summed E-state index contributed by atoms with van der Waals surface area (Å²) in [5.74, 6) is -1.19. The minimum Gasteiger partial charge on any atom is -0.463 e. The molecule has 7 heteroatoms. The third-order valence-corrected chi connectivity index (χ3v) is 7.43. The van der Waals surface area contributed by atoms with Gasteiger partial charge in [-0.15, -0.1) is 0 Å². The summed E-state index contributed by atoms with van der Waals surface area (Å²) in [6, 6.07) is 0. The number of rotatable bonds is 10. The SMILES string of the molecule is CCCCOC(=O)C=CC(=O)OCCP(=O)(CC)[N+](C)(C)C. The van der Waals surface area contributed by atoms with Gasteiger partial charge in [-0.05, 0) is 6.42 Å². The molecule has 0 aromatic rings. The first-order valence-corrected chi connectivity index (χ1v) is 9.61. The highest BCUT2D eigenvalue weighted by Crippen LogP contribution is 2.51. The first kappa shape index (κ1) is 20.9. The van der Waals surface area contributed by atoms with Crippen molar-refractivity contribution in [1.29, 1.82) is 0 Å². The van der Waals surface area contributed by atoms with Gasteiger partial charge in [0.15, 0.2) is 0 Å². The quantitative estimate of drug-likeness (QED) is 0.266. The van der Waals surface area contributed by atoms with E-state index in [2.05, 4.69) is 0 Å². The lowest BCUT2D eigenvalue weighted by atomic mass is 10.4. The summed E-state index contributed by atoms with van der Waals surface area (Å²) in [6.07, 6.45) is 4.69. The molecular weight excluding hydrogens is 305 g/mol. The van der Waals surface area contributed by atoms with Crippen molar-refractivity contribution in [3.63, 3.8) is 0 Å². The Morgan fingerprint density at radius 3 is 1.91 bits per heavy atom. The van der Waals surface area contributed by atoms with Gasteiger partial charge in [-0.25, -0.2) is 9.59 Å². The van der Waals surface area contributed by atoms with E-state index in [1.807, 2.05) is 35.0 Å². The molecule has 0 bridgehead atoms. The molecule has 0 amide bonds. The van der Waals surface area contributed by atoms with Gasteiger partial charge >= 0.3 is 11.9 Å². The van der Waals surface area contributed by atoms with Crippen LogP contribution in [0.15, 0.2) is 12.2 Å². The van der Waals surface area contributed by atoms with Crippen LogP contribution < -0.4 is 0 Å². The van der Waals surface area contributed by atoms with E-state index in [0.717, 1.165) is 25.0 Å². The Bertz CT molecular complexity index is 440. The first-order chi connectivity index (χ1) is 10.2. The van der Waals surface area contributed by atoms with Crippen LogP contribution in [0.1, 0.15) is 26.7 Å². The fraction of sp³-hybridized carbons (Fsp3) is 0.733. The predicted octanol–water partition coefficient (Wildman–Crippen LogP) is 2.43. The number of carbonyl (C=O) groups excluding carboxylic acids is 2. The van der Waals surface area contributed by atoms with Gasteiger partial charge in [-0.3, -0.25) is 8.82 Å². The van der Waals surface area contributed by atoms with Crippen LogP contribution in [0, 0.1) is 0 Å². The van der Waals surface area contributed by atoms with Crippen molar-refractivity contribution in [2.45, 2.75) is 26.7 Å². The van der Waals surface area contributed by atoms with E-state index < -0.39 is 19.2 Å². The Balaban J connectivity index is 4.19. The fourth-order valence-corrected chi connectivity index (χ4v) is 3.86. The van der Waals surface area contributed by atoms with E-state index in [1.54, 1.807) is 0 Å². The summed E-state index contributed by atoms with van der Waals surface area (Å²) in [7, 11) is 3.17. The number of quaternary nitrogens is 1. The standard InChI is InChI=1S/C15H29NO5P/c1-6-8-11-20-14(17)9-10-15(18)21-12-13-22(19,7-2)16(3,4)5/h9-10H,6-8,11-13H2,1-5H3/q+1. The fourth-order valence-electron chi connectivity index (χ4n) is 1.72. The van der Waals surface area contributed by atoms with Crippen LogP contribution in [-0.2, 0) is 23.6 Å². The maximum Gasteiger partial charge on any atom is 0.331 e. The third-order valence-electron chi connectivity index (χ3n) is 3.37. The molecule has 0 aliphatic carbocycles. The van der Waals surface area contributed by atoms with Crippen LogP contribution in [0.4, 0.5) is 0 Å². The molecule has 0 heterocycles. The van der Waals surface area contributed by atoms with Gasteiger partial charge in [0.1, 0.15) is 6.61 Å². The van der Waals surface area contributed by atoms with E-state index >= 15 is 0 Å². The highest BCUT2D eigenvalue weighted by Gasteiger charge is 2.34. The second-order valence-corrected chi connectivity index (χ2v) is 9.82. The molecule has 1 atom stereocenters. The van der Waals surface area contributed by atoms with Crippen molar-refractivity contribution in [3.05, 3.63) is 12.2 Å². The second-order valence-electron chi connectivity index (χ2n) is 5.85. The average molecular weight is 334 g/mol. The summed E-state index contributed by atoms with van der Waals surface area (Å²) in [5, 5.41) is 0. The van der Waals surface area contributed by atoms with Crippen molar-refractivity contribution in [2.75, 3.05) is 46.7 Å². The van der Waals surface area contributed by atoms with Crippen LogP contribution in [-0.4, -0.2) is 62.9 Å². The minimum atomic E-state index is -2.45. The summed E-state index contributed by atoms with van der Waals surface area (Å²) in [5.41, 5.74) is 0. The van der Waals surface area contributed by atoms with E-state index in [1.165, 1.54) is 0 Å². The molecule has 0 N–H and O–H groups in total. The zero-order valence-corrected chi connectivity index (χ0v) is 15.2. The zero-order valence-electron chi connectivity index (χ0n) is 14.3. The summed E-state index contributed by atoms with van der Waals surface area (Å²) in [6.45, 7) is 4.29. The first-order valence-electron chi connectivity index (χ1n) is 7.58. The number of esters is 2. The van der Waals surface area contributed by atoms with Crippen LogP contribution in [0.5, 0.6) is 0 Å². The molecule has 0 spiro atoms. The molecular formula is C15H29NO5P+. The van der Waals surface area contributed by atoms with Crippen molar-refractivity contribution in [2.24, 2.45) is 0 Å². The number of ether oxygens (including phenoxy) is 2. The molecule has 6 nitrogen and oxygen atoms in total. The topological polar surface area (TPSA) is 69.7 Å². The van der Waals surface area contributed by atoms with Gasteiger partial charge < -0.3 is 9.47 Å².